The van der Waals surface area contributed by atoms with Gasteiger partial charge in [-0.2, -0.15) is 0 Å². The summed E-state index contributed by atoms with van der Waals surface area (Å²) in [5, 5.41) is 7.98. The third kappa shape index (κ3) is 4.03. The SMILES string of the molecule is CC[C@@](C)(Nc1nc(-c2c[nH]c3ncc(Cl)cc23)nc2ccccc12)C(=O)NCCF.[HH]. The first-order valence-corrected chi connectivity index (χ1v) is 10.3. The molecule has 31 heavy (non-hydrogen) atoms. The molecule has 0 aliphatic carbocycles. The second-order valence-electron chi connectivity index (χ2n) is 7.42. The van der Waals surface area contributed by atoms with Gasteiger partial charge < -0.3 is 15.6 Å². The van der Waals surface area contributed by atoms with Crippen molar-refractivity contribution in [1.82, 2.24) is 25.3 Å². The highest BCUT2D eigenvalue weighted by molar-refractivity contribution is 6.31. The van der Waals surface area contributed by atoms with Gasteiger partial charge in [-0.3, -0.25) is 4.79 Å². The fraction of sp³-hybridized carbons (Fsp3) is 0.273. The minimum absolute atomic E-state index is 0. The Morgan fingerprint density at radius 1 is 1.29 bits per heavy atom. The normalized spacial score (nSPS) is 13.3. The minimum atomic E-state index is -0.978. The van der Waals surface area contributed by atoms with Gasteiger partial charge in [0.25, 0.3) is 0 Å². The van der Waals surface area contributed by atoms with Crippen molar-refractivity contribution in [1.29, 1.82) is 0 Å². The number of fused-ring (bicyclic) bond motifs is 2. The van der Waals surface area contributed by atoms with Gasteiger partial charge in [-0.1, -0.05) is 30.7 Å². The van der Waals surface area contributed by atoms with Crippen LogP contribution in [0.15, 0.2) is 42.7 Å². The molecule has 1 amide bonds. The predicted molar refractivity (Wildman–Crippen MR) is 123 cm³/mol. The summed E-state index contributed by atoms with van der Waals surface area (Å²) in [5.41, 5.74) is 1.17. The number of amides is 1. The lowest BCUT2D eigenvalue weighted by Crippen LogP contribution is -2.50. The van der Waals surface area contributed by atoms with Crippen LogP contribution in [0.2, 0.25) is 5.02 Å². The molecule has 1 aromatic carbocycles. The van der Waals surface area contributed by atoms with Crippen LogP contribution in [-0.2, 0) is 4.79 Å². The summed E-state index contributed by atoms with van der Waals surface area (Å²) in [4.78, 5) is 29.6. The zero-order valence-corrected chi connectivity index (χ0v) is 17.9. The molecule has 0 saturated carbocycles. The van der Waals surface area contributed by atoms with Gasteiger partial charge in [0.15, 0.2) is 5.82 Å². The minimum Gasteiger partial charge on any atom is -0.356 e. The van der Waals surface area contributed by atoms with Crippen LogP contribution in [0.3, 0.4) is 0 Å². The maximum atomic E-state index is 12.7. The summed E-state index contributed by atoms with van der Waals surface area (Å²) in [6.45, 7) is 3.00. The van der Waals surface area contributed by atoms with E-state index in [2.05, 4.69) is 20.6 Å². The molecule has 4 aromatic rings. The highest BCUT2D eigenvalue weighted by Crippen LogP contribution is 2.31. The largest absolute Gasteiger partial charge is 0.356 e. The van der Waals surface area contributed by atoms with E-state index in [0.29, 0.717) is 28.7 Å². The van der Waals surface area contributed by atoms with Gasteiger partial charge in [0, 0.05) is 36.7 Å². The fourth-order valence-corrected chi connectivity index (χ4v) is 3.54. The van der Waals surface area contributed by atoms with Crippen LogP contribution < -0.4 is 10.6 Å². The van der Waals surface area contributed by atoms with Gasteiger partial charge in [0.05, 0.1) is 10.5 Å². The number of halogens is 2. The van der Waals surface area contributed by atoms with Crippen molar-refractivity contribution in [3.05, 3.63) is 47.7 Å². The molecule has 0 aliphatic rings. The van der Waals surface area contributed by atoms with E-state index in [4.69, 9.17) is 21.6 Å². The molecule has 9 heteroatoms. The number of hydrogen-bond donors (Lipinski definition) is 3. The topological polar surface area (TPSA) is 95.6 Å². The highest BCUT2D eigenvalue weighted by atomic mass is 35.5. The van der Waals surface area contributed by atoms with E-state index in [-0.39, 0.29) is 13.9 Å². The summed E-state index contributed by atoms with van der Waals surface area (Å²) in [7, 11) is 0. The van der Waals surface area contributed by atoms with Crippen molar-refractivity contribution in [3.63, 3.8) is 0 Å². The maximum absolute atomic E-state index is 12.7. The Morgan fingerprint density at radius 2 is 2.10 bits per heavy atom. The van der Waals surface area contributed by atoms with Crippen LogP contribution in [-0.4, -0.2) is 44.6 Å². The molecule has 0 radical (unpaired) electrons. The number of aromatic nitrogens is 4. The monoisotopic (exact) mass is 442 g/mol. The van der Waals surface area contributed by atoms with Gasteiger partial charge in [0.2, 0.25) is 5.91 Å². The Hall–Kier alpha value is -3.26. The average Bonchev–Trinajstić information content (AvgIpc) is 3.20. The smallest absolute Gasteiger partial charge is 0.245 e. The molecule has 3 heterocycles. The number of nitrogens with one attached hydrogen (secondary N) is 3. The van der Waals surface area contributed by atoms with Crippen LogP contribution in [0, 0.1) is 0 Å². The number of anilines is 1. The Labute approximate surface area is 184 Å². The van der Waals surface area contributed by atoms with Gasteiger partial charge in [-0.15, -0.1) is 0 Å². The fourth-order valence-electron chi connectivity index (χ4n) is 3.38. The predicted octanol–water partition coefficient (Wildman–Crippen LogP) is 4.74. The third-order valence-electron chi connectivity index (χ3n) is 5.32. The lowest BCUT2D eigenvalue weighted by atomic mass is 9.97. The molecular weight excluding hydrogens is 419 g/mol. The number of benzene rings is 1. The molecule has 3 N–H and O–H groups in total. The molecule has 4 rings (SSSR count). The summed E-state index contributed by atoms with van der Waals surface area (Å²) < 4.78 is 12.6. The van der Waals surface area contributed by atoms with Gasteiger partial charge in [-0.05, 0) is 31.5 Å². The van der Waals surface area contributed by atoms with E-state index in [9.17, 15) is 9.18 Å². The van der Waals surface area contributed by atoms with Crippen LogP contribution in [0.25, 0.3) is 33.3 Å². The number of carbonyl (C=O) groups excluding carboxylic acids is 1. The van der Waals surface area contributed by atoms with Crippen LogP contribution in [0.1, 0.15) is 21.7 Å². The number of aromatic amines is 1. The van der Waals surface area contributed by atoms with Crippen molar-refractivity contribution in [2.24, 2.45) is 0 Å². The first-order valence-electron chi connectivity index (χ1n) is 9.97. The molecular formula is C22H24ClFN6O. The number of carbonyl (C=O) groups is 1. The second kappa shape index (κ2) is 8.47. The van der Waals surface area contributed by atoms with Crippen molar-refractivity contribution in [3.8, 4) is 11.4 Å². The molecule has 1 atom stereocenters. The lowest BCUT2D eigenvalue weighted by molar-refractivity contribution is -0.125. The van der Waals surface area contributed by atoms with E-state index < -0.39 is 12.2 Å². The molecule has 0 bridgehead atoms. The summed E-state index contributed by atoms with van der Waals surface area (Å²) in [6, 6.07) is 9.37. The number of pyridine rings is 1. The van der Waals surface area contributed by atoms with Crippen molar-refractivity contribution in [2.45, 2.75) is 25.8 Å². The third-order valence-corrected chi connectivity index (χ3v) is 5.53. The first-order chi connectivity index (χ1) is 14.9. The van der Waals surface area contributed by atoms with E-state index in [0.717, 1.165) is 21.9 Å². The zero-order chi connectivity index (χ0) is 22.0. The maximum Gasteiger partial charge on any atom is 0.245 e. The van der Waals surface area contributed by atoms with Gasteiger partial charge in [-0.25, -0.2) is 19.3 Å². The van der Waals surface area contributed by atoms with Crippen molar-refractivity contribution in [2.75, 3.05) is 18.5 Å². The average molecular weight is 443 g/mol. The van der Waals surface area contributed by atoms with Crippen LogP contribution in [0.4, 0.5) is 10.2 Å². The molecule has 162 valence electrons. The summed E-state index contributed by atoms with van der Waals surface area (Å²) in [6.07, 6.45) is 3.83. The Bertz CT molecular complexity index is 1270. The Kier molecular flexibility index (Phi) is 5.73. The van der Waals surface area contributed by atoms with Crippen molar-refractivity contribution < 1.29 is 10.6 Å². The molecule has 0 unspecified atom stereocenters. The van der Waals surface area contributed by atoms with Gasteiger partial charge in [0.1, 0.15) is 23.7 Å². The number of H-pyrrole nitrogens is 1. The summed E-state index contributed by atoms with van der Waals surface area (Å²) >= 11 is 6.14. The Balaban J connectivity index is 0.00000289. The molecule has 0 saturated heterocycles. The number of alkyl halides is 1. The van der Waals surface area contributed by atoms with E-state index in [1.165, 1.54) is 0 Å². The molecule has 7 nitrogen and oxygen atoms in total. The van der Waals surface area contributed by atoms with E-state index in [1.807, 2.05) is 37.3 Å². The highest BCUT2D eigenvalue weighted by Gasteiger charge is 2.32. The molecule has 3 aromatic heterocycles. The Morgan fingerprint density at radius 3 is 2.87 bits per heavy atom. The van der Waals surface area contributed by atoms with Crippen molar-refractivity contribution >= 4 is 45.3 Å². The summed E-state index contributed by atoms with van der Waals surface area (Å²) in [5.74, 6) is 0.698. The lowest BCUT2D eigenvalue weighted by Gasteiger charge is -2.29. The molecule has 0 aliphatic heterocycles. The van der Waals surface area contributed by atoms with E-state index in [1.54, 1.807) is 19.3 Å². The zero-order valence-electron chi connectivity index (χ0n) is 17.2. The second-order valence-corrected chi connectivity index (χ2v) is 7.86. The van der Waals surface area contributed by atoms with Gasteiger partial charge >= 0.3 is 0 Å². The standard InChI is InChI=1S/C22H22ClFN6O.H2/c1-3-22(2,21(31)25-9-8-24)30-20-14-6-4-5-7-17(14)28-19(29-20)16-12-27-18-15(16)10-13(23)11-26-18;/h4-7,10-12H,3,8-9H2,1-2H3,(H,25,31)(H,26,27)(H,28,29,30);1H/t22-;/m1./s1. The number of rotatable bonds is 7. The number of hydrogen-bond acceptors (Lipinski definition) is 5. The molecule has 0 fully saturated rings. The molecule has 0 spiro atoms. The van der Waals surface area contributed by atoms with Crippen LogP contribution in [0.5, 0.6) is 0 Å². The number of para-hydroxylation sites is 1. The quantitative estimate of drug-likeness (QED) is 0.384. The van der Waals surface area contributed by atoms with Crippen LogP contribution >= 0.6 is 11.6 Å². The van der Waals surface area contributed by atoms with E-state index >= 15 is 0 Å². The number of nitrogens with zero attached hydrogens (tertiary/aromatic N) is 3. The first kappa shape index (κ1) is 21.0.